The summed E-state index contributed by atoms with van der Waals surface area (Å²) < 4.78 is 5.09. The van der Waals surface area contributed by atoms with Crippen molar-refractivity contribution in [2.75, 3.05) is 19.0 Å². The lowest BCUT2D eigenvalue weighted by Crippen LogP contribution is -2.23. The number of aromatic hydroxyl groups is 1. The molecule has 0 atom stereocenters. The zero-order valence-electron chi connectivity index (χ0n) is 12.6. The molecule has 0 spiro atoms. The molecule has 0 aliphatic rings. The summed E-state index contributed by atoms with van der Waals surface area (Å²) in [7, 11) is 1.56. The quantitative estimate of drug-likeness (QED) is 0.371. The predicted octanol–water partition coefficient (Wildman–Crippen LogP) is 3.64. The largest absolute Gasteiger partial charge is 0.508 e. The molecular formula is C16H19ClIN3O2. The molecule has 2 aromatic carbocycles. The summed E-state index contributed by atoms with van der Waals surface area (Å²) in [6, 6.07) is 12.3. The average Bonchev–Trinajstić information content (AvgIpc) is 2.49. The summed E-state index contributed by atoms with van der Waals surface area (Å²) >= 11 is 6.04. The Labute approximate surface area is 157 Å². The van der Waals surface area contributed by atoms with Gasteiger partial charge < -0.3 is 20.9 Å². The molecule has 5 nitrogen and oxygen atoms in total. The number of rotatable bonds is 5. The SMILES string of the molecule is COc1ccc(NC(N)=NCCc2ccc(O)cc2)cc1Cl.I. The molecule has 23 heavy (non-hydrogen) atoms. The van der Waals surface area contributed by atoms with Crippen molar-refractivity contribution >= 4 is 47.2 Å². The first kappa shape index (κ1) is 19.4. The molecule has 0 aliphatic heterocycles. The van der Waals surface area contributed by atoms with Gasteiger partial charge in [-0.1, -0.05) is 23.7 Å². The van der Waals surface area contributed by atoms with Crippen LogP contribution in [0.4, 0.5) is 5.69 Å². The van der Waals surface area contributed by atoms with Crippen LogP contribution in [0.5, 0.6) is 11.5 Å². The molecular weight excluding hydrogens is 429 g/mol. The van der Waals surface area contributed by atoms with Gasteiger partial charge in [-0.2, -0.15) is 0 Å². The number of nitrogens with zero attached hydrogens (tertiary/aromatic N) is 1. The number of hydrogen-bond donors (Lipinski definition) is 3. The van der Waals surface area contributed by atoms with E-state index in [2.05, 4.69) is 10.3 Å². The van der Waals surface area contributed by atoms with Crippen LogP contribution in [0.2, 0.25) is 5.02 Å². The lowest BCUT2D eigenvalue weighted by molar-refractivity contribution is 0.415. The van der Waals surface area contributed by atoms with Crippen molar-refractivity contribution in [3.05, 3.63) is 53.1 Å². The van der Waals surface area contributed by atoms with Crippen molar-refractivity contribution < 1.29 is 9.84 Å². The van der Waals surface area contributed by atoms with Crippen LogP contribution < -0.4 is 15.8 Å². The third-order valence-electron chi connectivity index (χ3n) is 3.04. The van der Waals surface area contributed by atoms with E-state index < -0.39 is 0 Å². The van der Waals surface area contributed by atoms with Crippen molar-refractivity contribution in [1.82, 2.24) is 0 Å². The van der Waals surface area contributed by atoms with E-state index in [4.69, 9.17) is 22.1 Å². The lowest BCUT2D eigenvalue weighted by atomic mass is 10.1. The van der Waals surface area contributed by atoms with E-state index in [-0.39, 0.29) is 29.7 Å². The van der Waals surface area contributed by atoms with Gasteiger partial charge in [0.05, 0.1) is 12.1 Å². The van der Waals surface area contributed by atoms with Gasteiger partial charge in [-0.05, 0) is 42.3 Å². The molecule has 0 unspecified atom stereocenters. The van der Waals surface area contributed by atoms with Crippen LogP contribution in [0.1, 0.15) is 5.56 Å². The Morgan fingerprint density at radius 2 is 1.96 bits per heavy atom. The van der Waals surface area contributed by atoms with E-state index in [0.29, 0.717) is 23.3 Å². The summed E-state index contributed by atoms with van der Waals surface area (Å²) in [5.41, 5.74) is 7.67. The van der Waals surface area contributed by atoms with Crippen LogP contribution in [0.15, 0.2) is 47.5 Å². The minimum atomic E-state index is 0. The normalized spacial score (nSPS) is 10.8. The topological polar surface area (TPSA) is 79.9 Å². The number of phenolic OH excluding ortho intramolecular Hbond substituents is 1. The third-order valence-corrected chi connectivity index (χ3v) is 3.34. The van der Waals surface area contributed by atoms with Crippen LogP contribution in [0.25, 0.3) is 0 Å². The van der Waals surface area contributed by atoms with Crippen molar-refractivity contribution in [2.24, 2.45) is 10.7 Å². The molecule has 0 fully saturated rings. The minimum Gasteiger partial charge on any atom is -0.508 e. The molecule has 2 rings (SSSR count). The Bertz CT molecular complexity index is 663. The van der Waals surface area contributed by atoms with Gasteiger partial charge in [0.2, 0.25) is 0 Å². The molecule has 2 aromatic rings. The number of methoxy groups -OCH3 is 1. The number of nitrogens with one attached hydrogen (secondary N) is 1. The van der Waals surface area contributed by atoms with Gasteiger partial charge in [0.1, 0.15) is 11.5 Å². The zero-order valence-corrected chi connectivity index (χ0v) is 15.7. The average molecular weight is 448 g/mol. The van der Waals surface area contributed by atoms with Crippen LogP contribution in [-0.2, 0) is 6.42 Å². The maximum absolute atomic E-state index is 9.22. The molecule has 7 heteroatoms. The highest BCUT2D eigenvalue weighted by atomic mass is 127. The number of hydrogen-bond acceptors (Lipinski definition) is 3. The molecule has 0 heterocycles. The number of benzene rings is 2. The van der Waals surface area contributed by atoms with Gasteiger partial charge >= 0.3 is 0 Å². The Hall–Kier alpha value is -1.67. The Morgan fingerprint density at radius 3 is 2.57 bits per heavy atom. The zero-order chi connectivity index (χ0) is 15.9. The van der Waals surface area contributed by atoms with Gasteiger partial charge in [0.15, 0.2) is 5.96 Å². The molecule has 0 saturated heterocycles. The highest BCUT2D eigenvalue weighted by Gasteiger charge is 2.02. The first-order chi connectivity index (χ1) is 10.6. The summed E-state index contributed by atoms with van der Waals surface area (Å²) in [5.74, 6) is 1.18. The van der Waals surface area contributed by atoms with Gasteiger partial charge in [-0.15, -0.1) is 24.0 Å². The number of phenols is 1. The second-order valence-electron chi connectivity index (χ2n) is 4.66. The van der Waals surface area contributed by atoms with Gasteiger partial charge in [0, 0.05) is 12.2 Å². The Balaban J connectivity index is 0.00000264. The van der Waals surface area contributed by atoms with E-state index in [1.54, 1.807) is 31.4 Å². The fourth-order valence-electron chi connectivity index (χ4n) is 1.90. The van der Waals surface area contributed by atoms with Crippen LogP contribution in [0, 0.1) is 0 Å². The summed E-state index contributed by atoms with van der Waals surface area (Å²) in [6.07, 6.45) is 0.742. The number of halogens is 2. The molecule has 0 radical (unpaired) electrons. The summed E-state index contributed by atoms with van der Waals surface area (Å²) in [4.78, 5) is 4.26. The molecule has 4 N–H and O–H groups in total. The second-order valence-corrected chi connectivity index (χ2v) is 5.06. The summed E-state index contributed by atoms with van der Waals surface area (Å²) in [6.45, 7) is 0.549. The second kappa shape index (κ2) is 9.46. The van der Waals surface area contributed by atoms with Crippen LogP contribution in [-0.4, -0.2) is 24.7 Å². The fourth-order valence-corrected chi connectivity index (χ4v) is 2.16. The van der Waals surface area contributed by atoms with Gasteiger partial charge in [0.25, 0.3) is 0 Å². The fraction of sp³-hybridized carbons (Fsp3) is 0.188. The van der Waals surface area contributed by atoms with E-state index in [0.717, 1.165) is 17.7 Å². The lowest BCUT2D eigenvalue weighted by Gasteiger charge is -2.08. The molecule has 0 amide bonds. The molecule has 0 bridgehead atoms. The number of ether oxygens (including phenoxy) is 1. The highest BCUT2D eigenvalue weighted by Crippen LogP contribution is 2.27. The first-order valence-corrected chi connectivity index (χ1v) is 7.14. The minimum absolute atomic E-state index is 0. The molecule has 0 aliphatic carbocycles. The number of aliphatic imine (C=N–C) groups is 1. The van der Waals surface area contributed by atoms with Crippen molar-refractivity contribution in [2.45, 2.75) is 6.42 Å². The van der Waals surface area contributed by atoms with E-state index in [1.807, 2.05) is 18.2 Å². The Morgan fingerprint density at radius 1 is 1.26 bits per heavy atom. The van der Waals surface area contributed by atoms with Crippen molar-refractivity contribution in [3.8, 4) is 11.5 Å². The maximum atomic E-state index is 9.22. The van der Waals surface area contributed by atoms with Gasteiger partial charge in [-0.25, -0.2) is 0 Å². The number of anilines is 1. The van der Waals surface area contributed by atoms with Crippen molar-refractivity contribution in [3.63, 3.8) is 0 Å². The van der Waals surface area contributed by atoms with Crippen LogP contribution >= 0.6 is 35.6 Å². The monoisotopic (exact) mass is 447 g/mol. The maximum Gasteiger partial charge on any atom is 0.193 e. The standard InChI is InChI=1S/C16H18ClN3O2.HI/c1-22-15-7-4-12(10-14(15)17)20-16(18)19-9-8-11-2-5-13(21)6-3-11;/h2-7,10,21H,8-9H2,1H3,(H3,18,19,20);1H. The van der Waals surface area contributed by atoms with Crippen LogP contribution in [0.3, 0.4) is 0 Å². The highest BCUT2D eigenvalue weighted by molar-refractivity contribution is 14.0. The predicted molar refractivity (Wildman–Crippen MR) is 105 cm³/mol. The van der Waals surface area contributed by atoms with E-state index in [1.165, 1.54) is 0 Å². The Kier molecular flexibility index (Phi) is 7.97. The number of guanidine groups is 1. The third kappa shape index (κ3) is 6.15. The first-order valence-electron chi connectivity index (χ1n) is 6.77. The van der Waals surface area contributed by atoms with Gasteiger partial charge in [-0.3, -0.25) is 4.99 Å². The van der Waals surface area contributed by atoms with E-state index >= 15 is 0 Å². The molecule has 124 valence electrons. The summed E-state index contributed by atoms with van der Waals surface area (Å²) in [5, 5.41) is 12.7. The molecule has 0 aromatic heterocycles. The number of nitrogens with two attached hydrogens (primary N) is 1. The molecule has 0 saturated carbocycles. The van der Waals surface area contributed by atoms with Crippen molar-refractivity contribution in [1.29, 1.82) is 0 Å². The van der Waals surface area contributed by atoms with E-state index in [9.17, 15) is 5.11 Å². The smallest absolute Gasteiger partial charge is 0.193 e.